The van der Waals surface area contributed by atoms with Crippen LogP contribution in [0, 0.1) is 0 Å². The van der Waals surface area contributed by atoms with Gasteiger partial charge in [0.05, 0.1) is 27.7 Å². The fourth-order valence-electron chi connectivity index (χ4n) is 9.87. The molecule has 0 rings (SSSR count). The van der Waals surface area contributed by atoms with Crippen molar-refractivity contribution in [2.24, 2.45) is 0 Å². The van der Waals surface area contributed by atoms with Crippen molar-refractivity contribution in [1.29, 1.82) is 0 Å². The van der Waals surface area contributed by atoms with Crippen LogP contribution in [0.1, 0.15) is 335 Å². The summed E-state index contributed by atoms with van der Waals surface area (Å²) in [6, 6.07) is 0. The van der Waals surface area contributed by atoms with Gasteiger partial charge in [0, 0.05) is 12.8 Å². The van der Waals surface area contributed by atoms with Crippen LogP contribution in [0.5, 0.6) is 0 Å². The first-order chi connectivity index (χ1) is 37.0. The molecule has 0 aliphatic heterocycles. The minimum atomic E-state index is -4.39. The number of nitrogens with zero attached hydrogens (tertiary/aromatic N) is 1. The van der Waals surface area contributed by atoms with E-state index >= 15 is 0 Å². The molecule has 76 heavy (non-hydrogen) atoms. The van der Waals surface area contributed by atoms with Crippen LogP contribution in [-0.4, -0.2) is 74.9 Å². The molecule has 0 heterocycles. The first kappa shape index (κ1) is 74.5. The SMILES string of the molecule is CCCCCCC/C=C\C/C=C\CCCCCCCCCCCCCC(=O)OC(COC(=O)CCCCCCCCCCCCCCCCCCCCCCCCCCCCCCC)COP(=O)(O)OCC[N+](C)(C)C. The van der Waals surface area contributed by atoms with Gasteiger partial charge in [0.15, 0.2) is 6.10 Å². The highest BCUT2D eigenvalue weighted by Gasteiger charge is 2.27. The third-order valence-electron chi connectivity index (χ3n) is 15.0. The summed E-state index contributed by atoms with van der Waals surface area (Å²) in [6.07, 6.45) is 71.3. The summed E-state index contributed by atoms with van der Waals surface area (Å²) >= 11 is 0. The maximum Gasteiger partial charge on any atom is 0.472 e. The molecule has 10 heteroatoms. The van der Waals surface area contributed by atoms with Crippen molar-refractivity contribution < 1.29 is 42.1 Å². The van der Waals surface area contributed by atoms with Gasteiger partial charge in [-0.15, -0.1) is 0 Å². The minimum absolute atomic E-state index is 0.0341. The number of ether oxygens (including phenoxy) is 2. The molecule has 0 saturated heterocycles. The Labute approximate surface area is 472 Å². The molecule has 0 bridgehead atoms. The monoisotopic (exact) mass is 1090 g/mol. The lowest BCUT2D eigenvalue weighted by atomic mass is 10.0. The van der Waals surface area contributed by atoms with E-state index in [1.54, 1.807) is 0 Å². The Kier molecular flexibility index (Phi) is 57.0. The Morgan fingerprint density at radius 2 is 0.711 bits per heavy atom. The zero-order valence-electron chi connectivity index (χ0n) is 51.3. The van der Waals surface area contributed by atoms with E-state index in [9.17, 15) is 19.0 Å². The van der Waals surface area contributed by atoms with Gasteiger partial charge in [-0.2, -0.15) is 0 Å². The number of carbonyl (C=O) groups excluding carboxylic acids is 2. The maximum absolute atomic E-state index is 12.8. The number of unbranched alkanes of at least 4 members (excludes halogenated alkanes) is 44. The second-order valence-corrected chi connectivity index (χ2v) is 25.3. The molecule has 0 amide bonds. The second-order valence-electron chi connectivity index (χ2n) is 23.9. The highest BCUT2D eigenvalue weighted by atomic mass is 31.2. The molecule has 0 spiro atoms. The summed E-state index contributed by atoms with van der Waals surface area (Å²) in [7, 11) is 1.49. The van der Waals surface area contributed by atoms with Crippen LogP contribution in [-0.2, 0) is 32.7 Å². The van der Waals surface area contributed by atoms with Crippen LogP contribution < -0.4 is 0 Å². The van der Waals surface area contributed by atoms with Crippen molar-refractivity contribution in [2.45, 2.75) is 341 Å². The van der Waals surface area contributed by atoms with Crippen LogP contribution in [0.4, 0.5) is 0 Å². The predicted octanol–water partition coefficient (Wildman–Crippen LogP) is 20.9. The summed E-state index contributed by atoms with van der Waals surface area (Å²) in [6.45, 7) is 4.49. The molecule has 0 fully saturated rings. The average molecular weight is 1100 g/mol. The zero-order valence-corrected chi connectivity index (χ0v) is 52.2. The number of allylic oxidation sites excluding steroid dienone is 4. The van der Waals surface area contributed by atoms with E-state index in [-0.39, 0.29) is 25.6 Å². The molecular weight excluding hydrogens is 966 g/mol. The van der Waals surface area contributed by atoms with E-state index in [2.05, 4.69) is 38.2 Å². The van der Waals surface area contributed by atoms with Crippen molar-refractivity contribution in [3.63, 3.8) is 0 Å². The lowest BCUT2D eigenvalue weighted by molar-refractivity contribution is -0.870. The number of carbonyl (C=O) groups is 2. The van der Waals surface area contributed by atoms with E-state index in [0.717, 1.165) is 38.5 Å². The summed E-state index contributed by atoms with van der Waals surface area (Å²) in [5.74, 6) is -0.780. The van der Waals surface area contributed by atoms with E-state index in [1.807, 2.05) is 21.1 Å². The van der Waals surface area contributed by atoms with E-state index in [0.29, 0.717) is 23.9 Å². The molecular formula is C66H129NO8P+. The molecule has 2 unspecified atom stereocenters. The molecule has 0 aromatic heterocycles. The number of quaternary nitrogens is 1. The Morgan fingerprint density at radius 3 is 1.04 bits per heavy atom. The van der Waals surface area contributed by atoms with Crippen molar-refractivity contribution in [2.75, 3.05) is 47.5 Å². The highest BCUT2D eigenvalue weighted by molar-refractivity contribution is 7.47. The molecule has 2 atom stereocenters. The van der Waals surface area contributed by atoms with Crippen molar-refractivity contribution >= 4 is 19.8 Å². The third kappa shape index (κ3) is 61.7. The highest BCUT2D eigenvalue weighted by Crippen LogP contribution is 2.43. The van der Waals surface area contributed by atoms with Crippen molar-refractivity contribution in [3.8, 4) is 0 Å². The fraction of sp³-hybridized carbons (Fsp3) is 0.909. The number of phosphoric ester groups is 1. The average Bonchev–Trinajstić information content (AvgIpc) is 3.38. The van der Waals surface area contributed by atoms with Gasteiger partial charge in [-0.3, -0.25) is 18.6 Å². The minimum Gasteiger partial charge on any atom is -0.462 e. The number of hydrogen-bond donors (Lipinski definition) is 1. The molecule has 0 aliphatic rings. The first-order valence-corrected chi connectivity index (χ1v) is 34.6. The van der Waals surface area contributed by atoms with Crippen molar-refractivity contribution in [3.05, 3.63) is 24.3 Å². The van der Waals surface area contributed by atoms with Gasteiger partial charge in [-0.05, 0) is 44.9 Å². The van der Waals surface area contributed by atoms with Gasteiger partial charge < -0.3 is 18.9 Å². The van der Waals surface area contributed by atoms with E-state index in [1.165, 1.54) is 263 Å². The van der Waals surface area contributed by atoms with Crippen LogP contribution >= 0.6 is 7.82 Å². The molecule has 0 aromatic rings. The van der Waals surface area contributed by atoms with Gasteiger partial charge >= 0.3 is 19.8 Å². The Morgan fingerprint density at radius 1 is 0.408 bits per heavy atom. The van der Waals surface area contributed by atoms with E-state index < -0.39 is 26.5 Å². The smallest absolute Gasteiger partial charge is 0.462 e. The fourth-order valence-corrected chi connectivity index (χ4v) is 10.6. The van der Waals surface area contributed by atoms with Gasteiger partial charge in [0.25, 0.3) is 0 Å². The Balaban J connectivity index is 4.03. The molecule has 0 aromatic carbocycles. The maximum atomic E-state index is 12.8. The standard InChI is InChI=1S/C66H128NO8P/c1-6-8-10-12-14-16-18-20-22-24-26-28-30-31-32-33-34-35-37-38-40-42-44-46-48-50-52-54-56-58-65(68)72-62-64(63-74-76(70,71)73-61-60-67(3,4)5)75-66(69)59-57-55-53-51-49-47-45-43-41-39-36-29-27-25-23-21-19-17-15-13-11-9-7-2/h19,21,25,27,64H,6-18,20,22-24,26,28-63H2,1-5H3/p+1/b21-19-,27-25-. The van der Waals surface area contributed by atoms with Crippen LogP contribution in [0.15, 0.2) is 24.3 Å². The Hall–Kier alpha value is -1.51. The summed E-state index contributed by atoms with van der Waals surface area (Å²) < 4.78 is 34.7. The number of rotatable bonds is 62. The van der Waals surface area contributed by atoms with Gasteiger partial charge in [-0.1, -0.05) is 301 Å². The molecule has 1 N–H and O–H groups in total. The summed E-state index contributed by atoms with van der Waals surface area (Å²) in [5, 5.41) is 0. The predicted molar refractivity (Wildman–Crippen MR) is 326 cm³/mol. The summed E-state index contributed by atoms with van der Waals surface area (Å²) in [4.78, 5) is 35.8. The van der Waals surface area contributed by atoms with Crippen molar-refractivity contribution in [1.82, 2.24) is 0 Å². The van der Waals surface area contributed by atoms with E-state index in [4.69, 9.17) is 18.5 Å². The van der Waals surface area contributed by atoms with Gasteiger partial charge in [0.1, 0.15) is 19.8 Å². The number of likely N-dealkylation sites (N-methyl/N-ethyl adjacent to an activating group) is 1. The molecule has 0 radical (unpaired) electrons. The molecule has 450 valence electrons. The van der Waals surface area contributed by atoms with Crippen LogP contribution in [0.25, 0.3) is 0 Å². The zero-order chi connectivity index (χ0) is 55.6. The van der Waals surface area contributed by atoms with Gasteiger partial charge in [0.2, 0.25) is 0 Å². The number of esters is 2. The van der Waals surface area contributed by atoms with Crippen LogP contribution in [0.2, 0.25) is 0 Å². The largest absolute Gasteiger partial charge is 0.472 e. The normalized spacial score (nSPS) is 13.3. The first-order valence-electron chi connectivity index (χ1n) is 33.1. The lowest BCUT2D eigenvalue weighted by Crippen LogP contribution is -2.37. The lowest BCUT2D eigenvalue weighted by Gasteiger charge is -2.24. The summed E-state index contributed by atoms with van der Waals surface area (Å²) in [5.41, 5.74) is 0. The van der Waals surface area contributed by atoms with Crippen LogP contribution in [0.3, 0.4) is 0 Å². The molecule has 0 aliphatic carbocycles. The third-order valence-corrected chi connectivity index (χ3v) is 16.0. The molecule has 9 nitrogen and oxygen atoms in total. The molecule has 0 saturated carbocycles. The Bertz CT molecular complexity index is 1330. The topological polar surface area (TPSA) is 108 Å². The quantitative estimate of drug-likeness (QED) is 0.0211. The number of hydrogen-bond acceptors (Lipinski definition) is 7. The second kappa shape index (κ2) is 58.2. The van der Waals surface area contributed by atoms with Gasteiger partial charge in [-0.25, -0.2) is 4.57 Å². The number of phosphoric acid groups is 1.